The smallest absolute Gasteiger partial charge is 0.251 e. The Hall–Kier alpha value is -1.76. The number of benzene rings is 1. The van der Waals surface area contributed by atoms with E-state index in [9.17, 15) is 9.18 Å². The van der Waals surface area contributed by atoms with Gasteiger partial charge in [0.05, 0.1) is 6.04 Å². The van der Waals surface area contributed by atoms with Crippen molar-refractivity contribution in [3.8, 4) is 0 Å². The number of hydrogen-bond donors (Lipinski definition) is 1. The third-order valence-electron chi connectivity index (χ3n) is 4.69. The van der Waals surface area contributed by atoms with E-state index in [-0.39, 0.29) is 18.0 Å². The maximum absolute atomic E-state index is 13.4. The SMILES string of the molecule is C[C@H](NC(=O)c1cccc(F)c1)[C@H](c1cccs1)N1CCN(C)CC1. The molecule has 1 amide bonds. The monoisotopic (exact) mass is 361 g/mol. The molecular weight excluding hydrogens is 337 g/mol. The fraction of sp³-hybridized carbons (Fsp3) is 0.421. The molecule has 0 radical (unpaired) electrons. The van der Waals surface area contributed by atoms with Crippen LogP contribution in [0.5, 0.6) is 0 Å². The predicted molar refractivity (Wildman–Crippen MR) is 99.5 cm³/mol. The molecule has 134 valence electrons. The van der Waals surface area contributed by atoms with Gasteiger partial charge in [0, 0.05) is 42.7 Å². The summed E-state index contributed by atoms with van der Waals surface area (Å²) in [4.78, 5) is 18.5. The van der Waals surface area contributed by atoms with E-state index in [0.29, 0.717) is 5.56 Å². The van der Waals surface area contributed by atoms with Crippen LogP contribution in [0.2, 0.25) is 0 Å². The molecule has 2 atom stereocenters. The Morgan fingerprint density at radius 3 is 2.60 bits per heavy atom. The summed E-state index contributed by atoms with van der Waals surface area (Å²) in [5.74, 6) is -0.628. The van der Waals surface area contributed by atoms with Gasteiger partial charge in [-0.1, -0.05) is 12.1 Å². The molecular formula is C19H24FN3OS. The molecule has 25 heavy (non-hydrogen) atoms. The topological polar surface area (TPSA) is 35.6 Å². The maximum atomic E-state index is 13.4. The van der Waals surface area contributed by atoms with E-state index < -0.39 is 5.82 Å². The number of thiophene rings is 1. The van der Waals surface area contributed by atoms with Crippen molar-refractivity contribution in [2.45, 2.75) is 19.0 Å². The van der Waals surface area contributed by atoms with Crippen molar-refractivity contribution < 1.29 is 9.18 Å². The minimum Gasteiger partial charge on any atom is -0.348 e. The van der Waals surface area contributed by atoms with E-state index in [4.69, 9.17) is 0 Å². The standard InChI is InChI=1S/C19H24FN3OS/c1-14(21-19(24)15-5-3-6-16(20)13-15)18(17-7-4-12-25-17)23-10-8-22(2)9-11-23/h3-7,12-14,18H,8-11H2,1-2H3,(H,21,24)/t14-,18+/m0/s1. The number of halogens is 1. The predicted octanol–water partition coefficient (Wildman–Crippen LogP) is 2.99. The number of carbonyl (C=O) groups excluding carboxylic acids is 1. The van der Waals surface area contributed by atoms with E-state index in [2.05, 4.69) is 33.6 Å². The molecule has 6 heteroatoms. The normalized spacial score (nSPS) is 18.7. The Morgan fingerprint density at radius 1 is 1.20 bits per heavy atom. The van der Waals surface area contributed by atoms with Crippen molar-refractivity contribution in [1.29, 1.82) is 0 Å². The Kier molecular flexibility index (Phi) is 5.83. The molecule has 1 saturated heterocycles. The second-order valence-corrected chi connectivity index (χ2v) is 7.55. The fourth-order valence-corrected chi connectivity index (χ4v) is 4.27. The van der Waals surface area contributed by atoms with Gasteiger partial charge in [-0.05, 0) is 43.6 Å². The highest BCUT2D eigenvalue weighted by Gasteiger charge is 2.30. The summed E-state index contributed by atoms with van der Waals surface area (Å²) >= 11 is 1.71. The van der Waals surface area contributed by atoms with Gasteiger partial charge in [0.1, 0.15) is 5.82 Å². The van der Waals surface area contributed by atoms with Crippen LogP contribution in [0.1, 0.15) is 28.2 Å². The number of hydrogen-bond acceptors (Lipinski definition) is 4. The largest absolute Gasteiger partial charge is 0.348 e. The molecule has 1 aliphatic heterocycles. The van der Waals surface area contributed by atoms with Gasteiger partial charge in [0.15, 0.2) is 0 Å². The average Bonchev–Trinajstić information content (AvgIpc) is 3.11. The number of amides is 1. The quantitative estimate of drug-likeness (QED) is 0.889. The minimum absolute atomic E-state index is 0.0715. The second-order valence-electron chi connectivity index (χ2n) is 6.57. The van der Waals surface area contributed by atoms with Crippen molar-refractivity contribution in [1.82, 2.24) is 15.1 Å². The van der Waals surface area contributed by atoms with Crippen LogP contribution in [0.3, 0.4) is 0 Å². The van der Waals surface area contributed by atoms with Crippen LogP contribution < -0.4 is 5.32 Å². The Morgan fingerprint density at radius 2 is 1.96 bits per heavy atom. The van der Waals surface area contributed by atoms with E-state index in [1.165, 1.54) is 17.0 Å². The Labute approximate surface area is 152 Å². The Balaban J connectivity index is 1.75. The van der Waals surface area contributed by atoms with Crippen LogP contribution in [-0.4, -0.2) is 55.0 Å². The first-order valence-electron chi connectivity index (χ1n) is 8.57. The highest BCUT2D eigenvalue weighted by molar-refractivity contribution is 7.10. The molecule has 0 saturated carbocycles. The number of piperazine rings is 1. The molecule has 4 nitrogen and oxygen atoms in total. The summed E-state index contributed by atoms with van der Waals surface area (Å²) in [6, 6.07) is 10.1. The number of nitrogens with zero attached hydrogens (tertiary/aromatic N) is 2. The molecule has 1 fully saturated rings. The summed E-state index contributed by atoms with van der Waals surface area (Å²) in [6.45, 7) is 6.01. The van der Waals surface area contributed by atoms with E-state index in [0.717, 1.165) is 26.2 Å². The first-order chi connectivity index (χ1) is 12.0. The zero-order valence-corrected chi connectivity index (χ0v) is 15.4. The number of rotatable bonds is 5. The molecule has 3 rings (SSSR count). The van der Waals surface area contributed by atoms with Crippen molar-refractivity contribution in [2.75, 3.05) is 33.2 Å². The first-order valence-corrected chi connectivity index (χ1v) is 9.45. The molecule has 1 aromatic carbocycles. The summed E-state index contributed by atoms with van der Waals surface area (Å²) in [5, 5.41) is 5.14. The lowest BCUT2D eigenvalue weighted by atomic mass is 10.0. The van der Waals surface area contributed by atoms with Crippen molar-refractivity contribution in [3.63, 3.8) is 0 Å². The van der Waals surface area contributed by atoms with Crippen LogP contribution >= 0.6 is 11.3 Å². The van der Waals surface area contributed by atoms with Gasteiger partial charge in [-0.25, -0.2) is 4.39 Å². The zero-order valence-electron chi connectivity index (χ0n) is 14.6. The third kappa shape index (κ3) is 4.45. The fourth-order valence-electron chi connectivity index (χ4n) is 3.30. The van der Waals surface area contributed by atoms with Gasteiger partial charge in [-0.2, -0.15) is 0 Å². The maximum Gasteiger partial charge on any atom is 0.251 e. The summed E-state index contributed by atoms with van der Waals surface area (Å²) in [6.07, 6.45) is 0. The summed E-state index contributed by atoms with van der Waals surface area (Å²) in [5.41, 5.74) is 0.357. The lowest BCUT2D eigenvalue weighted by molar-refractivity contribution is 0.0799. The van der Waals surface area contributed by atoms with Gasteiger partial charge < -0.3 is 10.2 Å². The van der Waals surface area contributed by atoms with Crippen molar-refractivity contribution >= 4 is 17.2 Å². The van der Waals surface area contributed by atoms with Gasteiger partial charge in [0.25, 0.3) is 5.91 Å². The molecule has 0 bridgehead atoms. The lowest BCUT2D eigenvalue weighted by Gasteiger charge is -2.40. The summed E-state index contributed by atoms with van der Waals surface area (Å²) in [7, 11) is 2.13. The molecule has 0 aliphatic carbocycles. The number of nitrogens with one attached hydrogen (secondary N) is 1. The van der Waals surface area contributed by atoms with Crippen LogP contribution in [0, 0.1) is 5.82 Å². The van der Waals surface area contributed by atoms with E-state index in [1.54, 1.807) is 23.5 Å². The molecule has 2 heterocycles. The molecule has 0 unspecified atom stereocenters. The molecule has 1 aromatic heterocycles. The van der Waals surface area contributed by atoms with Crippen LogP contribution in [-0.2, 0) is 0 Å². The minimum atomic E-state index is -0.394. The Bertz CT molecular complexity index is 698. The lowest BCUT2D eigenvalue weighted by Crippen LogP contribution is -2.51. The second kappa shape index (κ2) is 8.08. The molecule has 2 aromatic rings. The molecule has 1 N–H and O–H groups in total. The first kappa shape index (κ1) is 18.0. The van der Waals surface area contributed by atoms with Gasteiger partial charge in [-0.3, -0.25) is 9.69 Å². The highest BCUT2D eigenvalue weighted by Crippen LogP contribution is 2.29. The van der Waals surface area contributed by atoms with E-state index in [1.807, 2.05) is 13.0 Å². The zero-order chi connectivity index (χ0) is 17.8. The van der Waals surface area contributed by atoms with Crippen molar-refractivity contribution in [3.05, 3.63) is 58.0 Å². The van der Waals surface area contributed by atoms with Gasteiger partial charge in [0.2, 0.25) is 0 Å². The third-order valence-corrected chi connectivity index (χ3v) is 5.63. The number of likely N-dealkylation sites (N-methyl/N-ethyl adjacent to an activating group) is 1. The molecule has 1 aliphatic rings. The van der Waals surface area contributed by atoms with Crippen molar-refractivity contribution in [2.24, 2.45) is 0 Å². The van der Waals surface area contributed by atoms with Crippen LogP contribution in [0.4, 0.5) is 4.39 Å². The molecule has 0 spiro atoms. The summed E-state index contributed by atoms with van der Waals surface area (Å²) < 4.78 is 13.4. The highest BCUT2D eigenvalue weighted by atomic mass is 32.1. The van der Waals surface area contributed by atoms with Gasteiger partial charge in [-0.15, -0.1) is 11.3 Å². The van der Waals surface area contributed by atoms with Crippen LogP contribution in [0.25, 0.3) is 0 Å². The van der Waals surface area contributed by atoms with Crippen LogP contribution in [0.15, 0.2) is 41.8 Å². The van der Waals surface area contributed by atoms with E-state index >= 15 is 0 Å². The van der Waals surface area contributed by atoms with Gasteiger partial charge >= 0.3 is 0 Å². The number of carbonyl (C=O) groups is 1. The average molecular weight is 361 g/mol.